The third kappa shape index (κ3) is 8.41. The van der Waals surface area contributed by atoms with Crippen molar-refractivity contribution in [3.8, 4) is 0 Å². The molecule has 0 aromatic heterocycles. The zero-order valence-corrected chi connectivity index (χ0v) is 11.3. The molecule has 0 rings (SSSR count). The summed E-state index contributed by atoms with van der Waals surface area (Å²) in [6, 6.07) is -0.684. The zero-order valence-electron chi connectivity index (χ0n) is 11.3. The van der Waals surface area contributed by atoms with E-state index >= 15 is 0 Å². The van der Waals surface area contributed by atoms with Crippen molar-refractivity contribution in [3.05, 3.63) is 10.4 Å². The molecule has 0 heterocycles. The van der Waals surface area contributed by atoms with Crippen LogP contribution in [0.5, 0.6) is 0 Å². The van der Waals surface area contributed by atoms with E-state index in [-0.39, 0.29) is 18.9 Å². The van der Waals surface area contributed by atoms with E-state index in [4.69, 9.17) is 10.3 Å². The quantitative estimate of drug-likeness (QED) is 0.258. The van der Waals surface area contributed by atoms with Gasteiger partial charge in [-0.1, -0.05) is 5.11 Å². The van der Waals surface area contributed by atoms with Crippen molar-refractivity contribution in [1.29, 1.82) is 0 Å². The third-order valence-corrected chi connectivity index (χ3v) is 1.86. The van der Waals surface area contributed by atoms with Crippen LogP contribution in [0.3, 0.4) is 0 Å². The lowest BCUT2D eigenvalue weighted by molar-refractivity contribution is -0.158. The Morgan fingerprint density at radius 2 is 2.06 bits per heavy atom. The van der Waals surface area contributed by atoms with E-state index in [0.717, 1.165) is 0 Å². The molecule has 1 amide bonds. The lowest BCUT2D eigenvalue weighted by Crippen LogP contribution is -2.42. The SMILES string of the molecule is C[C@H](NC(=O)CCCN=[N+]=[N-])C(=O)OC(C)(C)C. The Morgan fingerprint density at radius 1 is 1.44 bits per heavy atom. The first kappa shape index (κ1) is 16.2. The van der Waals surface area contributed by atoms with Gasteiger partial charge in [0.25, 0.3) is 0 Å². The second-order valence-electron chi connectivity index (χ2n) is 4.88. The monoisotopic (exact) mass is 256 g/mol. The number of carbonyl (C=O) groups is 2. The molecule has 0 unspecified atom stereocenters. The van der Waals surface area contributed by atoms with Crippen LogP contribution in [-0.2, 0) is 14.3 Å². The lowest BCUT2D eigenvalue weighted by Gasteiger charge is -2.22. The largest absolute Gasteiger partial charge is 0.458 e. The van der Waals surface area contributed by atoms with E-state index in [1.165, 1.54) is 0 Å². The minimum absolute atomic E-state index is 0.214. The molecule has 7 heteroatoms. The van der Waals surface area contributed by atoms with Crippen LogP contribution in [0.25, 0.3) is 10.4 Å². The molecule has 0 bridgehead atoms. The van der Waals surface area contributed by atoms with E-state index in [1.54, 1.807) is 27.7 Å². The standard InChI is InChI=1S/C11H20N4O3/c1-8(10(17)18-11(2,3)4)14-9(16)6-5-7-13-15-12/h8H,5-7H2,1-4H3,(H,14,16)/t8-/m0/s1. The van der Waals surface area contributed by atoms with Gasteiger partial charge in [-0.3, -0.25) is 4.79 Å². The van der Waals surface area contributed by atoms with Gasteiger partial charge in [0, 0.05) is 17.9 Å². The van der Waals surface area contributed by atoms with Crippen LogP contribution >= 0.6 is 0 Å². The lowest BCUT2D eigenvalue weighted by atomic mass is 10.2. The van der Waals surface area contributed by atoms with Crippen LogP contribution in [-0.4, -0.2) is 30.1 Å². The molecule has 0 radical (unpaired) electrons. The van der Waals surface area contributed by atoms with Gasteiger partial charge in [0.15, 0.2) is 0 Å². The fourth-order valence-corrected chi connectivity index (χ4v) is 1.12. The number of hydrogen-bond acceptors (Lipinski definition) is 4. The maximum absolute atomic E-state index is 11.6. The Kier molecular flexibility index (Phi) is 6.82. The maximum Gasteiger partial charge on any atom is 0.328 e. The molecule has 0 aliphatic rings. The molecular formula is C11H20N4O3. The van der Waals surface area contributed by atoms with Crippen LogP contribution in [0.1, 0.15) is 40.5 Å². The predicted molar refractivity (Wildman–Crippen MR) is 66.7 cm³/mol. The van der Waals surface area contributed by atoms with Gasteiger partial charge < -0.3 is 10.1 Å². The first-order chi connectivity index (χ1) is 8.26. The van der Waals surface area contributed by atoms with Crippen molar-refractivity contribution >= 4 is 11.9 Å². The summed E-state index contributed by atoms with van der Waals surface area (Å²) in [7, 11) is 0. The maximum atomic E-state index is 11.6. The van der Waals surface area contributed by atoms with E-state index in [1.807, 2.05) is 0 Å². The van der Waals surface area contributed by atoms with Crippen molar-refractivity contribution in [2.45, 2.75) is 52.2 Å². The minimum Gasteiger partial charge on any atom is -0.458 e. The fraction of sp³-hybridized carbons (Fsp3) is 0.818. The Bertz CT molecular complexity index is 343. The molecule has 1 N–H and O–H groups in total. The van der Waals surface area contributed by atoms with Crippen molar-refractivity contribution in [1.82, 2.24) is 5.32 Å². The number of azide groups is 1. The van der Waals surface area contributed by atoms with Crippen molar-refractivity contribution in [2.24, 2.45) is 5.11 Å². The highest BCUT2D eigenvalue weighted by molar-refractivity contribution is 5.84. The van der Waals surface area contributed by atoms with Crippen LogP contribution in [0.2, 0.25) is 0 Å². The van der Waals surface area contributed by atoms with Gasteiger partial charge in [-0.25, -0.2) is 4.79 Å². The average molecular weight is 256 g/mol. The summed E-state index contributed by atoms with van der Waals surface area (Å²) < 4.78 is 5.12. The van der Waals surface area contributed by atoms with Crippen LogP contribution < -0.4 is 5.32 Å². The highest BCUT2D eigenvalue weighted by Gasteiger charge is 2.22. The molecule has 0 aliphatic carbocycles. The molecule has 0 aliphatic heterocycles. The Balaban J connectivity index is 3.99. The molecule has 0 aromatic rings. The fourth-order valence-electron chi connectivity index (χ4n) is 1.12. The average Bonchev–Trinajstić information content (AvgIpc) is 2.22. The van der Waals surface area contributed by atoms with Gasteiger partial charge in [-0.2, -0.15) is 0 Å². The molecule has 102 valence electrons. The molecular weight excluding hydrogens is 236 g/mol. The molecule has 7 nitrogen and oxygen atoms in total. The molecule has 0 fully saturated rings. The van der Waals surface area contributed by atoms with Crippen LogP contribution in [0, 0.1) is 0 Å². The molecule has 1 atom stereocenters. The Labute approximate surface area is 107 Å². The van der Waals surface area contributed by atoms with E-state index in [2.05, 4.69) is 15.3 Å². The smallest absolute Gasteiger partial charge is 0.328 e. The summed E-state index contributed by atoms with van der Waals surface area (Å²) in [4.78, 5) is 25.6. The zero-order chi connectivity index (χ0) is 14.2. The normalized spacial score (nSPS) is 12.2. The predicted octanol–water partition coefficient (Wildman–Crippen LogP) is 1.92. The number of rotatable bonds is 6. The van der Waals surface area contributed by atoms with Gasteiger partial charge in [-0.15, -0.1) is 0 Å². The second kappa shape index (κ2) is 7.55. The Morgan fingerprint density at radius 3 is 2.56 bits per heavy atom. The minimum atomic E-state index is -0.684. The van der Waals surface area contributed by atoms with Gasteiger partial charge in [0.05, 0.1) is 0 Å². The molecule has 0 saturated carbocycles. The number of carbonyl (C=O) groups excluding carboxylic acids is 2. The third-order valence-electron chi connectivity index (χ3n) is 1.86. The highest BCUT2D eigenvalue weighted by atomic mass is 16.6. The number of nitrogens with one attached hydrogen (secondary N) is 1. The van der Waals surface area contributed by atoms with Gasteiger partial charge in [0.2, 0.25) is 5.91 Å². The number of ether oxygens (including phenoxy) is 1. The molecule has 0 spiro atoms. The number of esters is 1. The molecule has 18 heavy (non-hydrogen) atoms. The summed E-state index contributed by atoms with van der Waals surface area (Å²) in [5.41, 5.74) is 7.48. The van der Waals surface area contributed by atoms with Crippen LogP contribution in [0.4, 0.5) is 0 Å². The van der Waals surface area contributed by atoms with E-state index in [9.17, 15) is 9.59 Å². The van der Waals surface area contributed by atoms with E-state index < -0.39 is 17.6 Å². The summed E-state index contributed by atoms with van der Waals surface area (Å²) in [5.74, 6) is -0.729. The van der Waals surface area contributed by atoms with E-state index in [0.29, 0.717) is 6.42 Å². The summed E-state index contributed by atoms with van der Waals surface area (Å²) in [6.07, 6.45) is 0.670. The molecule has 0 aromatic carbocycles. The number of amides is 1. The number of hydrogen-bond donors (Lipinski definition) is 1. The second-order valence-corrected chi connectivity index (χ2v) is 4.88. The number of nitrogens with zero attached hydrogens (tertiary/aromatic N) is 3. The summed E-state index contributed by atoms with van der Waals surface area (Å²) in [6.45, 7) is 7.13. The molecule has 0 saturated heterocycles. The van der Waals surface area contributed by atoms with Gasteiger partial charge in [-0.05, 0) is 39.6 Å². The van der Waals surface area contributed by atoms with Gasteiger partial charge >= 0.3 is 5.97 Å². The summed E-state index contributed by atoms with van der Waals surface area (Å²) in [5, 5.41) is 5.85. The first-order valence-corrected chi connectivity index (χ1v) is 5.79. The van der Waals surface area contributed by atoms with Crippen molar-refractivity contribution in [3.63, 3.8) is 0 Å². The Hall–Kier alpha value is -1.75. The van der Waals surface area contributed by atoms with Crippen molar-refractivity contribution in [2.75, 3.05) is 6.54 Å². The van der Waals surface area contributed by atoms with Gasteiger partial charge in [0.1, 0.15) is 11.6 Å². The summed E-state index contributed by atoms with van der Waals surface area (Å²) >= 11 is 0. The highest BCUT2D eigenvalue weighted by Crippen LogP contribution is 2.08. The topological polar surface area (TPSA) is 104 Å². The van der Waals surface area contributed by atoms with Crippen molar-refractivity contribution < 1.29 is 14.3 Å². The van der Waals surface area contributed by atoms with Crippen LogP contribution in [0.15, 0.2) is 5.11 Å². The first-order valence-electron chi connectivity index (χ1n) is 5.79.